The minimum atomic E-state index is -0.709. The number of aromatic nitrogens is 1. The Bertz CT molecular complexity index is 450. The highest BCUT2D eigenvalue weighted by Gasteiger charge is 2.32. The normalized spacial score (nSPS) is 26.4. The highest BCUT2D eigenvalue weighted by Crippen LogP contribution is 2.33. The molecule has 0 aromatic carbocycles. The fourth-order valence-corrected chi connectivity index (χ4v) is 3.39. The fourth-order valence-electron chi connectivity index (χ4n) is 2.78. The van der Waals surface area contributed by atoms with Crippen molar-refractivity contribution in [2.24, 2.45) is 5.92 Å². The highest BCUT2D eigenvalue weighted by atomic mass is 32.1. The van der Waals surface area contributed by atoms with Gasteiger partial charge in [-0.25, -0.2) is 4.98 Å². The van der Waals surface area contributed by atoms with Crippen LogP contribution in [0.15, 0.2) is 5.38 Å². The van der Waals surface area contributed by atoms with Crippen molar-refractivity contribution in [1.29, 1.82) is 0 Å². The molecular weight excluding hydrogens is 272 g/mol. The Hall–Kier alpha value is -0.940. The van der Waals surface area contributed by atoms with Gasteiger partial charge in [0.25, 0.3) is 0 Å². The topological polar surface area (TPSA) is 62.2 Å². The molecule has 1 amide bonds. The standard InChI is InChI=1S/C15H24N2O2S/c1-3-12-4-6-15(19,7-5-12)10-16-14(18)8-13-9-20-11(2)17-13/h9,12,19H,3-8,10H2,1-2H3,(H,16,18). The lowest BCUT2D eigenvalue weighted by Gasteiger charge is -2.35. The first-order chi connectivity index (χ1) is 9.50. The van der Waals surface area contributed by atoms with E-state index >= 15 is 0 Å². The van der Waals surface area contributed by atoms with E-state index in [0.717, 1.165) is 42.3 Å². The van der Waals surface area contributed by atoms with E-state index in [9.17, 15) is 9.90 Å². The first kappa shape index (κ1) is 15.4. The average Bonchev–Trinajstić information content (AvgIpc) is 2.83. The summed E-state index contributed by atoms with van der Waals surface area (Å²) in [5, 5.41) is 16.2. The number of aliphatic hydroxyl groups is 1. The largest absolute Gasteiger partial charge is 0.388 e. The Kier molecular flexibility index (Phi) is 5.16. The van der Waals surface area contributed by atoms with Crippen LogP contribution in [0.25, 0.3) is 0 Å². The van der Waals surface area contributed by atoms with Gasteiger partial charge in [-0.1, -0.05) is 13.3 Å². The Balaban J connectivity index is 1.75. The molecule has 2 N–H and O–H groups in total. The van der Waals surface area contributed by atoms with E-state index < -0.39 is 5.60 Å². The van der Waals surface area contributed by atoms with E-state index in [-0.39, 0.29) is 5.91 Å². The van der Waals surface area contributed by atoms with Gasteiger partial charge in [0.15, 0.2) is 0 Å². The summed E-state index contributed by atoms with van der Waals surface area (Å²) in [6.45, 7) is 4.50. The van der Waals surface area contributed by atoms with E-state index in [1.54, 1.807) is 11.3 Å². The molecule has 1 fully saturated rings. The molecule has 5 heteroatoms. The second-order valence-electron chi connectivity index (χ2n) is 5.89. The van der Waals surface area contributed by atoms with E-state index in [2.05, 4.69) is 17.2 Å². The number of carbonyl (C=O) groups excluding carboxylic acids is 1. The zero-order chi connectivity index (χ0) is 14.6. The summed E-state index contributed by atoms with van der Waals surface area (Å²) >= 11 is 1.55. The molecule has 2 rings (SSSR count). The summed E-state index contributed by atoms with van der Waals surface area (Å²) in [7, 11) is 0. The van der Waals surface area contributed by atoms with Crippen molar-refractivity contribution in [3.05, 3.63) is 16.1 Å². The molecular formula is C15H24N2O2S. The molecule has 0 spiro atoms. The second-order valence-corrected chi connectivity index (χ2v) is 6.95. The van der Waals surface area contributed by atoms with Crippen molar-refractivity contribution in [3.63, 3.8) is 0 Å². The second kappa shape index (κ2) is 6.68. The van der Waals surface area contributed by atoms with Gasteiger partial charge < -0.3 is 10.4 Å². The van der Waals surface area contributed by atoms with Crippen molar-refractivity contribution in [3.8, 4) is 0 Å². The third-order valence-electron chi connectivity index (χ3n) is 4.24. The zero-order valence-electron chi connectivity index (χ0n) is 12.3. The maximum Gasteiger partial charge on any atom is 0.226 e. The van der Waals surface area contributed by atoms with Gasteiger partial charge in [0.1, 0.15) is 0 Å². The van der Waals surface area contributed by atoms with Gasteiger partial charge in [-0.3, -0.25) is 4.79 Å². The van der Waals surface area contributed by atoms with E-state index in [4.69, 9.17) is 0 Å². The average molecular weight is 296 g/mol. The Labute approximate surface area is 124 Å². The number of rotatable bonds is 5. The predicted molar refractivity (Wildman–Crippen MR) is 80.8 cm³/mol. The fraction of sp³-hybridized carbons (Fsp3) is 0.733. The lowest BCUT2D eigenvalue weighted by atomic mass is 9.78. The van der Waals surface area contributed by atoms with Gasteiger partial charge in [-0.2, -0.15) is 0 Å². The smallest absolute Gasteiger partial charge is 0.226 e. The van der Waals surface area contributed by atoms with Crippen molar-refractivity contribution in [1.82, 2.24) is 10.3 Å². The van der Waals surface area contributed by atoms with Crippen LogP contribution in [0, 0.1) is 12.8 Å². The molecule has 112 valence electrons. The summed E-state index contributed by atoms with van der Waals surface area (Å²) in [4.78, 5) is 16.1. The van der Waals surface area contributed by atoms with Crippen LogP contribution in [0.1, 0.15) is 49.7 Å². The van der Waals surface area contributed by atoms with Crippen LogP contribution in [0.4, 0.5) is 0 Å². The summed E-state index contributed by atoms with van der Waals surface area (Å²) in [5.41, 5.74) is 0.103. The predicted octanol–water partition coefficient (Wildman–Crippen LogP) is 2.44. The Morgan fingerprint density at radius 3 is 2.80 bits per heavy atom. The van der Waals surface area contributed by atoms with Crippen LogP contribution in [-0.2, 0) is 11.2 Å². The van der Waals surface area contributed by atoms with Crippen LogP contribution >= 0.6 is 11.3 Å². The van der Waals surface area contributed by atoms with Crippen LogP contribution in [-0.4, -0.2) is 28.1 Å². The first-order valence-electron chi connectivity index (χ1n) is 7.41. The molecule has 0 unspecified atom stereocenters. The lowest BCUT2D eigenvalue weighted by molar-refractivity contribution is -0.122. The van der Waals surface area contributed by atoms with Gasteiger partial charge in [0, 0.05) is 11.9 Å². The van der Waals surface area contributed by atoms with Crippen LogP contribution in [0.2, 0.25) is 0 Å². The van der Waals surface area contributed by atoms with E-state index in [1.165, 1.54) is 6.42 Å². The van der Waals surface area contributed by atoms with Gasteiger partial charge in [-0.15, -0.1) is 11.3 Å². The quantitative estimate of drug-likeness (QED) is 0.877. The van der Waals surface area contributed by atoms with E-state index in [0.29, 0.717) is 13.0 Å². The lowest BCUT2D eigenvalue weighted by Crippen LogP contribution is -2.45. The summed E-state index contributed by atoms with van der Waals surface area (Å²) in [5.74, 6) is 0.685. The highest BCUT2D eigenvalue weighted by molar-refractivity contribution is 7.09. The van der Waals surface area contributed by atoms with Gasteiger partial charge >= 0.3 is 0 Å². The molecule has 20 heavy (non-hydrogen) atoms. The molecule has 1 saturated carbocycles. The molecule has 4 nitrogen and oxygen atoms in total. The number of nitrogens with one attached hydrogen (secondary N) is 1. The molecule has 1 aromatic heterocycles. The summed E-state index contributed by atoms with van der Waals surface area (Å²) in [6, 6.07) is 0. The number of nitrogens with zero attached hydrogens (tertiary/aromatic N) is 1. The summed E-state index contributed by atoms with van der Waals surface area (Å²) < 4.78 is 0. The van der Waals surface area contributed by atoms with E-state index in [1.807, 2.05) is 12.3 Å². The zero-order valence-corrected chi connectivity index (χ0v) is 13.1. The SMILES string of the molecule is CCC1CCC(O)(CNC(=O)Cc2csc(C)n2)CC1. The van der Waals surface area contributed by atoms with Crippen molar-refractivity contribution in [2.75, 3.05) is 6.54 Å². The van der Waals surface area contributed by atoms with Crippen LogP contribution < -0.4 is 5.32 Å². The Morgan fingerprint density at radius 2 is 2.25 bits per heavy atom. The number of thiazole rings is 1. The number of carbonyl (C=O) groups is 1. The molecule has 0 bridgehead atoms. The molecule has 0 aliphatic heterocycles. The molecule has 0 saturated heterocycles. The summed E-state index contributed by atoms with van der Waals surface area (Å²) in [6.07, 6.45) is 5.20. The minimum Gasteiger partial charge on any atom is -0.388 e. The minimum absolute atomic E-state index is 0.0543. The maximum absolute atomic E-state index is 11.9. The van der Waals surface area contributed by atoms with Gasteiger partial charge in [-0.05, 0) is 38.5 Å². The third kappa shape index (κ3) is 4.28. The number of hydrogen-bond acceptors (Lipinski definition) is 4. The number of amides is 1. The Morgan fingerprint density at radius 1 is 1.55 bits per heavy atom. The molecule has 1 aromatic rings. The molecule has 1 aliphatic carbocycles. The maximum atomic E-state index is 11.9. The van der Waals surface area contributed by atoms with Crippen LogP contribution in [0.5, 0.6) is 0 Å². The van der Waals surface area contributed by atoms with Crippen LogP contribution in [0.3, 0.4) is 0 Å². The van der Waals surface area contributed by atoms with Crippen molar-refractivity contribution < 1.29 is 9.90 Å². The molecule has 1 heterocycles. The third-order valence-corrected chi connectivity index (χ3v) is 5.06. The number of aryl methyl sites for hydroxylation is 1. The van der Waals surface area contributed by atoms with Crippen molar-refractivity contribution in [2.45, 2.75) is 58.0 Å². The molecule has 0 radical (unpaired) electrons. The first-order valence-corrected chi connectivity index (χ1v) is 8.29. The van der Waals surface area contributed by atoms with Crippen molar-refractivity contribution >= 4 is 17.2 Å². The number of hydrogen-bond donors (Lipinski definition) is 2. The van der Waals surface area contributed by atoms with Gasteiger partial charge in [0.05, 0.1) is 22.7 Å². The molecule has 0 atom stereocenters. The van der Waals surface area contributed by atoms with Gasteiger partial charge in [0.2, 0.25) is 5.91 Å². The monoisotopic (exact) mass is 296 g/mol. The molecule has 1 aliphatic rings.